The van der Waals surface area contributed by atoms with Gasteiger partial charge in [-0.05, 0) is 0 Å². The maximum Gasteiger partial charge on any atom is -0.358 e. The van der Waals surface area contributed by atoms with Crippen LogP contribution >= 0.6 is 0 Å². The fraction of sp³-hybridized carbons (Fsp3) is 0. The number of hydrogen-bond acceptors (Lipinski definition) is 1. The fourth-order valence-electron chi connectivity index (χ4n) is 1.74. The number of nitrogens with two attached hydrogens (primary N) is 1. The molecule has 0 saturated carbocycles. The number of nitrogen functional groups attached to an aromatic ring is 1. The molecule has 0 bridgehead atoms. The predicted octanol–water partition coefficient (Wildman–Crippen LogP) is 2.70. The molecule has 2 rings (SSSR count). The summed E-state index contributed by atoms with van der Waals surface area (Å²) >= 11 is 2.82. The average molecular weight is 314 g/mol. The van der Waals surface area contributed by atoms with E-state index in [1.54, 1.807) is 10.8 Å². The van der Waals surface area contributed by atoms with Crippen LogP contribution in [-0.2, 0) is 17.9 Å². The Morgan fingerprint density at radius 1 is 1.29 bits per heavy atom. The molecule has 0 radical (unpaired) electrons. The molecule has 0 atom stereocenters. The van der Waals surface area contributed by atoms with Gasteiger partial charge in [-0.1, -0.05) is 0 Å². The zero-order valence-corrected chi connectivity index (χ0v) is 11.3. The Morgan fingerprint density at radius 2 is 2.00 bits per heavy atom. The molecule has 0 amide bonds. The number of benzene rings is 1. The van der Waals surface area contributed by atoms with Crippen molar-refractivity contribution in [2.45, 2.75) is 0 Å². The van der Waals surface area contributed by atoms with Gasteiger partial charge in [0.05, 0.1) is 0 Å². The summed E-state index contributed by atoms with van der Waals surface area (Å²) in [6.45, 7) is 3.66. The van der Waals surface area contributed by atoms with Gasteiger partial charge in [0.15, 0.2) is 0 Å². The Labute approximate surface area is 112 Å². The van der Waals surface area contributed by atoms with Crippen LogP contribution in [0.3, 0.4) is 0 Å². The number of aromatic nitrogens is 1. The standard InChI is InChI=1S/C13H12N2.CH3.Rh/c1-3-4-8-12-10(2)11-7-5-6-9-13(11)15(12)14;;/h2-9H,1,14H2;1H3;/q;-1;/b8-4-;;. The molecule has 0 aliphatic heterocycles. The third kappa shape index (κ3) is 2.30. The first-order valence-electron chi connectivity index (χ1n) is 4.88. The minimum atomic E-state index is 0. The number of fused-ring (bicyclic) bond motifs is 1. The van der Waals surface area contributed by atoms with Crippen LogP contribution in [0.2, 0.25) is 0 Å². The molecule has 1 aromatic heterocycles. The molecule has 2 nitrogen and oxygen atoms in total. The molecule has 2 N–H and O–H groups in total. The molecule has 1 heterocycles. The van der Waals surface area contributed by atoms with Crippen molar-refractivity contribution in [3.05, 3.63) is 61.7 Å². The van der Waals surface area contributed by atoms with Crippen LogP contribution in [-0.4, -0.2) is 9.29 Å². The molecule has 0 saturated heterocycles. The van der Waals surface area contributed by atoms with Crippen LogP contribution < -0.4 is 5.84 Å². The molecule has 1 aromatic carbocycles. The van der Waals surface area contributed by atoms with Crippen molar-refractivity contribution in [2.75, 3.05) is 5.84 Å². The molecule has 3 heteroatoms. The van der Waals surface area contributed by atoms with E-state index in [1.807, 2.05) is 35.0 Å². The maximum absolute atomic E-state index is 6.06. The van der Waals surface area contributed by atoms with Gasteiger partial charge in [0.25, 0.3) is 0 Å². The third-order valence-electron chi connectivity index (χ3n) is 2.48. The number of rotatable bonds is 3. The number of hydrogen-bond donors (Lipinski definition) is 1. The van der Waals surface area contributed by atoms with Gasteiger partial charge in [0.1, 0.15) is 0 Å². The average Bonchev–Trinajstić information content (AvgIpc) is 2.60. The molecule has 0 fully saturated rings. The van der Waals surface area contributed by atoms with Crippen molar-refractivity contribution in [3.8, 4) is 0 Å². The van der Waals surface area contributed by atoms with E-state index >= 15 is 0 Å². The minimum absolute atomic E-state index is 0. The summed E-state index contributed by atoms with van der Waals surface area (Å²) in [6, 6.07) is 8.07. The van der Waals surface area contributed by atoms with E-state index in [1.165, 1.54) is 0 Å². The van der Waals surface area contributed by atoms with E-state index in [-0.39, 0.29) is 7.43 Å². The molecule has 0 aliphatic rings. The normalized spacial score (nSPS) is 10.4. The fourth-order valence-corrected chi connectivity index (χ4v) is 2.24. The van der Waals surface area contributed by atoms with E-state index in [2.05, 4.69) is 30.5 Å². The zero-order valence-electron chi connectivity index (χ0n) is 9.68. The molecule has 0 aliphatic carbocycles. The van der Waals surface area contributed by atoms with Crippen molar-refractivity contribution in [1.29, 1.82) is 0 Å². The second-order valence-corrected chi connectivity index (χ2v) is 3.85. The van der Waals surface area contributed by atoms with Gasteiger partial charge in [-0.2, -0.15) is 0 Å². The Hall–Kier alpha value is -1.47. The molecule has 0 spiro atoms. The van der Waals surface area contributed by atoms with Gasteiger partial charge in [0.2, 0.25) is 0 Å². The van der Waals surface area contributed by atoms with E-state index in [4.69, 9.17) is 5.84 Å². The number of allylic oxidation sites excluding steroid dienone is 2. The SMILES string of the molecule is C=C/C=C\c1c([CH]=[Rh])c2ccccc2n1N.[CH3-]. The second kappa shape index (κ2) is 5.74. The number of para-hydroxylation sites is 1. The zero-order chi connectivity index (χ0) is 11.5. The molecule has 2 aromatic rings. The molecule has 0 unspecified atom stereocenters. The summed E-state index contributed by atoms with van der Waals surface area (Å²) in [5.41, 5.74) is 3.11. The first kappa shape index (κ1) is 13.6. The topological polar surface area (TPSA) is 30.9 Å². The summed E-state index contributed by atoms with van der Waals surface area (Å²) < 4.78 is 3.66. The predicted molar refractivity (Wildman–Crippen MR) is 72.9 cm³/mol. The molecular formula is C14H15N2Rh-. The van der Waals surface area contributed by atoms with Gasteiger partial charge < -0.3 is 7.43 Å². The first-order chi connectivity index (χ1) is 7.79. The third-order valence-corrected chi connectivity index (χ3v) is 2.95. The van der Waals surface area contributed by atoms with Crippen LogP contribution in [0.5, 0.6) is 0 Å². The van der Waals surface area contributed by atoms with Gasteiger partial charge in [-0.3, -0.25) is 0 Å². The summed E-state index contributed by atoms with van der Waals surface area (Å²) in [4.78, 5) is 0. The van der Waals surface area contributed by atoms with Crippen molar-refractivity contribution in [3.63, 3.8) is 0 Å². The summed E-state index contributed by atoms with van der Waals surface area (Å²) in [7, 11) is 0. The van der Waals surface area contributed by atoms with Crippen molar-refractivity contribution >= 4 is 21.6 Å². The Bertz CT molecular complexity index is 579. The van der Waals surface area contributed by atoms with Crippen molar-refractivity contribution < 1.29 is 17.9 Å². The van der Waals surface area contributed by atoms with Crippen LogP contribution in [0.25, 0.3) is 17.0 Å². The van der Waals surface area contributed by atoms with Crippen LogP contribution in [0, 0.1) is 7.43 Å². The van der Waals surface area contributed by atoms with Crippen LogP contribution in [0.1, 0.15) is 11.3 Å². The summed E-state index contributed by atoms with van der Waals surface area (Å²) in [5.74, 6) is 6.06. The van der Waals surface area contributed by atoms with E-state index in [9.17, 15) is 0 Å². The Balaban J connectivity index is 0.00000144. The first-order valence-corrected chi connectivity index (χ1v) is 5.82. The number of nitrogens with zero attached hydrogens (tertiary/aromatic N) is 1. The summed E-state index contributed by atoms with van der Waals surface area (Å²) in [5, 5.41) is 1.15. The van der Waals surface area contributed by atoms with Crippen LogP contribution in [0.15, 0.2) is 43.0 Å². The smallest absolute Gasteiger partial charge is 0.358 e. The van der Waals surface area contributed by atoms with Crippen molar-refractivity contribution in [1.82, 2.24) is 4.68 Å². The van der Waals surface area contributed by atoms with Gasteiger partial charge >= 0.3 is 104 Å². The Kier molecular flexibility index (Phi) is 4.59. The Morgan fingerprint density at radius 3 is 2.65 bits per heavy atom. The molecule has 17 heavy (non-hydrogen) atoms. The van der Waals surface area contributed by atoms with Gasteiger partial charge in [-0.15, -0.1) is 0 Å². The largest absolute Gasteiger partial charge is 0.358 e. The van der Waals surface area contributed by atoms with E-state index in [0.29, 0.717) is 0 Å². The van der Waals surface area contributed by atoms with Gasteiger partial charge in [0, 0.05) is 0 Å². The van der Waals surface area contributed by atoms with Crippen LogP contribution in [0.4, 0.5) is 0 Å². The quantitative estimate of drug-likeness (QED) is 0.402. The molecular weight excluding hydrogens is 299 g/mol. The maximum atomic E-state index is 6.06. The monoisotopic (exact) mass is 314 g/mol. The van der Waals surface area contributed by atoms with Gasteiger partial charge in [-0.25, -0.2) is 0 Å². The minimum Gasteiger partial charge on any atom is -0.358 e. The van der Waals surface area contributed by atoms with E-state index in [0.717, 1.165) is 22.2 Å². The van der Waals surface area contributed by atoms with Crippen molar-refractivity contribution in [2.24, 2.45) is 0 Å². The van der Waals surface area contributed by atoms with E-state index < -0.39 is 0 Å². The molecule has 91 valence electrons. The second-order valence-electron chi connectivity index (χ2n) is 3.38. The summed E-state index contributed by atoms with van der Waals surface area (Å²) in [6.07, 6.45) is 5.58.